The minimum Gasteiger partial charge on any atom is -0.508 e. The first-order valence-corrected chi connectivity index (χ1v) is 7.77. The Morgan fingerprint density at radius 1 is 1.33 bits per heavy atom. The van der Waals surface area contributed by atoms with Crippen molar-refractivity contribution in [3.63, 3.8) is 0 Å². The molecule has 0 unspecified atom stereocenters. The molecule has 1 aromatic heterocycles. The molecule has 21 heavy (non-hydrogen) atoms. The number of benzene rings is 1. The number of carbonyl (C=O) groups is 1. The van der Waals surface area contributed by atoms with Crippen molar-refractivity contribution < 1.29 is 19.4 Å². The molecule has 0 spiro atoms. The van der Waals surface area contributed by atoms with Crippen molar-refractivity contribution in [3.05, 3.63) is 38.5 Å². The molecular formula is C14H12Cl2O4S. The van der Waals surface area contributed by atoms with Gasteiger partial charge in [-0.1, -0.05) is 30.1 Å². The summed E-state index contributed by atoms with van der Waals surface area (Å²) in [5.41, 5.74) is 0. The zero-order valence-electron chi connectivity index (χ0n) is 11.1. The van der Waals surface area contributed by atoms with Crippen LogP contribution in [0, 0.1) is 0 Å². The molecule has 0 radical (unpaired) electrons. The highest BCUT2D eigenvalue weighted by Crippen LogP contribution is 2.41. The second-order valence-corrected chi connectivity index (χ2v) is 5.82. The Kier molecular flexibility index (Phi) is 5.33. The van der Waals surface area contributed by atoms with E-state index in [2.05, 4.69) is 0 Å². The van der Waals surface area contributed by atoms with E-state index in [0.717, 1.165) is 6.42 Å². The molecule has 0 bridgehead atoms. The van der Waals surface area contributed by atoms with Gasteiger partial charge in [0.05, 0.1) is 16.7 Å². The fourth-order valence-corrected chi connectivity index (χ4v) is 2.80. The number of hydrogen-bond donors (Lipinski definition) is 1. The van der Waals surface area contributed by atoms with Gasteiger partial charge in [0, 0.05) is 12.1 Å². The molecule has 2 aromatic rings. The number of hydrogen-bond acceptors (Lipinski definition) is 5. The molecule has 1 heterocycles. The third kappa shape index (κ3) is 3.81. The molecule has 0 aliphatic rings. The predicted molar refractivity (Wildman–Crippen MR) is 83.1 cm³/mol. The third-order valence-corrected chi connectivity index (χ3v) is 3.88. The van der Waals surface area contributed by atoms with Crippen LogP contribution in [0.5, 0.6) is 17.2 Å². The Hall–Kier alpha value is -1.43. The summed E-state index contributed by atoms with van der Waals surface area (Å²) >= 11 is 13.2. The van der Waals surface area contributed by atoms with Gasteiger partial charge >= 0.3 is 5.97 Å². The van der Waals surface area contributed by atoms with Gasteiger partial charge in [0.15, 0.2) is 16.4 Å². The minimum atomic E-state index is -0.451. The molecule has 0 saturated carbocycles. The first-order valence-electron chi connectivity index (χ1n) is 6.13. The highest BCUT2D eigenvalue weighted by molar-refractivity contribution is 7.12. The van der Waals surface area contributed by atoms with E-state index >= 15 is 0 Å². The van der Waals surface area contributed by atoms with E-state index in [4.69, 9.17) is 32.7 Å². The summed E-state index contributed by atoms with van der Waals surface area (Å²) in [5, 5.41) is 11.4. The Labute approximate surface area is 135 Å². The van der Waals surface area contributed by atoms with Crippen LogP contribution < -0.4 is 4.74 Å². The van der Waals surface area contributed by atoms with E-state index in [1.807, 2.05) is 6.92 Å². The van der Waals surface area contributed by atoms with Crippen LogP contribution in [0.1, 0.15) is 23.0 Å². The molecule has 2 rings (SSSR count). The normalized spacial score (nSPS) is 10.4. The molecule has 0 aliphatic carbocycles. The van der Waals surface area contributed by atoms with Crippen LogP contribution in [-0.2, 0) is 4.74 Å². The van der Waals surface area contributed by atoms with Crippen LogP contribution in [0.15, 0.2) is 23.6 Å². The van der Waals surface area contributed by atoms with Crippen molar-refractivity contribution in [2.24, 2.45) is 0 Å². The minimum absolute atomic E-state index is 0.0646. The van der Waals surface area contributed by atoms with Gasteiger partial charge < -0.3 is 14.6 Å². The maximum atomic E-state index is 11.9. The molecule has 1 aromatic carbocycles. The highest BCUT2D eigenvalue weighted by Gasteiger charge is 2.19. The number of aromatic hydroxyl groups is 1. The number of carbonyl (C=O) groups excluding carboxylic acids is 1. The molecular weight excluding hydrogens is 335 g/mol. The molecule has 0 amide bonds. The van der Waals surface area contributed by atoms with Crippen molar-refractivity contribution in [2.45, 2.75) is 13.3 Å². The smallest absolute Gasteiger partial charge is 0.352 e. The molecule has 7 heteroatoms. The SMILES string of the molecule is CCCOC(=O)c1sccc1Oc1c(Cl)cc(O)cc1Cl. The summed E-state index contributed by atoms with van der Waals surface area (Å²) in [6.07, 6.45) is 0.739. The van der Waals surface area contributed by atoms with Crippen LogP contribution in [0.2, 0.25) is 10.0 Å². The van der Waals surface area contributed by atoms with Gasteiger partial charge in [-0.3, -0.25) is 0 Å². The van der Waals surface area contributed by atoms with Crippen molar-refractivity contribution >= 4 is 40.5 Å². The molecule has 0 saturated heterocycles. The second-order valence-electron chi connectivity index (χ2n) is 4.09. The number of rotatable bonds is 5. The van der Waals surface area contributed by atoms with Gasteiger partial charge in [0.1, 0.15) is 5.75 Å². The van der Waals surface area contributed by atoms with Crippen LogP contribution in [0.3, 0.4) is 0 Å². The Balaban J connectivity index is 2.25. The summed E-state index contributed by atoms with van der Waals surface area (Å²) < 4.78 is 10.7. The molecule has 112 valence electrons. The quantitative estimate of drug-likeness (QED) is 0.763. The van der Waals surface area contributed by atoms with Crippen molar-refractivity contribution in [2.75, 3.05) is 6.61 Å². The van der Waals surface area contributed by atoms with Crippen LogP contribution >= 0.6 is 34.5 Å². The average molecular weight is 347 g/mol. The summed E-state index contributed by atoms with van der Waals surface area (Å²) in [6.45, 7) is 2.26. The number of thiophene rings is 1. The van der Waals surface area contributed by atoms with Crippen LogP contribution in [0.25, 0.3) is 0 Å². The standard InChI is InChI=1S/C14H12Cl2O4S/c1-2-4-19-14(18)13-11(3-5-21-13)20-12-9(15)6-8(17)7-10(12)16/h3,5-7,17H,2,4H2,1H3. The van der Waals surface area contributed by atoms with E-state index in [1.165, 1.54) is 23.5 Å². The maximum Gasteiger partial charge on any atom is 0.352 e. The molecule has 1 N–H and O–H groups in total. The van der Waals surface area contributed by atoms with E-state index in [-0.39, 0.29) is 21.5 Å². The van der Waals surface area contributed by atoms with Crippen LogP contribution in [0.4, 0.5) is 0 Å². The van der Waals surface area contributed by atoms with E-state index in [0.29, 0.717) is 17.2 Å². The lowest BCUT2D eigenvalue weighted by Crippen LogP contribution is -2.05. The first kappa shape index (κ1) is 15.9. The van der Waals surface area contributed by atoms with E-state index < -0.39 is 5.97 Å². The fourth-order valence-electron chi connectivity index (χ4n) is 1.54. The zero-order chi connectivity index (χ0) is 15.4. The number of halogens is 2. The number of phenolic OH excluding ortho intramolecular Hbond substituents is 1. The third-order valence-electron chi connectivity index (χ3n) is 2.45. The zero-order valence-corrected chi connectivity index (χ0v) is 13.4. The van der Waals surface area contributed by atoms with Gasteiger partial charge in [-0.2, -0.15) is 0 Å². The molecule has 0 aliphatic heterocycles. The average Bonchev–Trinajstić information content (AvgIpc) is 2.88. The largest absolute Gasteiger partial charge is 0.508 e. The van der Waals surface area contributed by atoms with Crippen molar-refractivity contribution in [1.29, 1.82) is 0 Å². The van der Waals surface area contributed by atoms with Crippen molar-refractivity contribution in [1.82, 2.24) is 0 Å². The monoisotopic (exact) mass is 346 g/mol. The summed E-state index contributed by atoms with van der Waals surface area (Å²) in [7, 11) is 0. The molecule has 0 atom stereocenters. The Morgan fingerprint density at radius 2 is 2.00 bits per heavy atom. The lowest BCUT2D eigenvalue weighted by atomic mass is 10.3. The van der Waals surface area contributed by atoms with Gasteiger partial charge in [-0.05, 0) is 17.9 Å². The maximum absolute atomic E-state index is 11.9. The lowest BCUT2D eigenvalue weighted by Gasteiger charge is -2.10. The Bertz CT molecular complexity index is 631. The summed E-state index contributed by atoms with van der Waals surface area (Å²) in [6, 6.07) is 4.25. The van der Waals surface area contributed by atoms with E-state index in [9.17, 15) is 9.90 Å². The fraction of sp³-hybridized carbons (Fsp3) is 0.214. The van der Waals surface area contributed by atoms with Gasteiger partial charge in [0.25, 0.3) is 0 Å². The van der Waals surface area contributed by atoms with Gasteiger partial charge in [-0.15, -0.1) is 11.3 Å². The Morgan fingerprint density at radius 3 is 2.62 bits per heavy atom. The van der Waals surface area contributed by atoms with E-state index in [1.54, 1.807) is 11.4 Å². The van der Waals surface area contributed by atoms with Crippen molar-refractivity contribution in [3.8, 4) is 17.2 Å². The topological polar surface area (TPSA) is 55.8 Å². The highest BCUT2D eigenvalue weighted by atomic mass is 35.5. The summed E-state index contributed by atoms with van der Waals surface area (Å²) in [4.78, 5) is 12.2. The summed E-state index contributed by atoms with van der Waals surface area (Å²) in [5.74, 6) is -0.0206. The van der Waals surface area contributed by atoms with Crippen LogP contribution in [-0.4, -0.2) is 17.7 Å². The molecule has 0 fully saturated rings. The number of esters is 1. The number of ether oxygens (including phenoxy) is 2. The predicted octanol–water partition coefficient (Wildman–Crippen LogP) is 5.12. The number of phenols is 1. The molecule has 4 nitrogen and oxygen atoms in total. The second kappa shape index (κ2) is 7.02. The lowest BCUT2D eigenvalue weighted by molar-refractivity contribution is 0.0508. The van der Waals surface area contributed by atoms with Gasteiger partial charge in [-0.25, -0.2) is 4.79 Å². The first-order chi connectivity index (χ1) is 10.0. The van der Waals surface area contributed by atoms with Gasteiger partial charge in [0.2, 0.25) is 0 Å².